The summed E-state index contributed by atoms with van der Waals surface area (Å²) in [4.78, 5) is 25.3. The Labute approximate surface area is 109 Å². The van der Waals surface area contributed by atoms with Crippen molar-refractivity contribution in [1.29, 1.82) is 0 Å². The van der Waals surface area contributed by atoms with Gasteiger partial charge in [0.2, 0.25) is 11.8 Å². The van der Waals surface area contributed by atoms with E-state index < -0.39 is 0 Å². The molecule has 0 aliphatic carbocycles. The highest BCUT2D eigenvalue weighted by Crippen LogP contribution is 2.17. The fourth-order valence-electron chi connectivity index (χ4n) is 2.41. The van der Waals surface area contributed by atoms with Gasteiger partial charge in [0, 0.05) is 19.1 Å². The van der Waals surface area contributed by atoms with Crippen molar-refractivity contribution >= 4 is 11.8 Å². The molecular formula is C13H25N3O2. The maximum atomic E-state index is 12.1. The molecule has 0 radical (unpaired) electrons. The number of hydrogen-bond donors (Lipinski definition) is 2. The lowest BCUT2D eigenvalue weighted by Gasteiger charge is -2.32. The minimum absolute atomic E-state index is 0.0283. The van der Waals surface area contributed by atoms with E-state index in [1.54, 1.807) is 4.90 Å². The molecule has 0 aromatic rings. The highest BCUT2D eigenvalue weighted by Gasteiger charge is 2.28. The maximum absolute atomic E-state index is 12.1. The van der Waals surface area contributed by atoms with Gasteiger partial charge in [-0.3, -0.25) is 9.59 Å². The summed E-state index contributed by atoms with van der Waals surface area (Å²) in [6.45, 7) is 5.39. The van der Waals surface area contributed by atoms with Crippen LogP contribution in [0.5, 0.6) is 0 Å². The van der Waals surface area contributed by atoms with E-state index in [1.165, 1.54) is 0 Å². The van der Waals surface area contributed by atoms with E-state index in [9.17, 15) is 9.59 Å². The lowest BCUT2D eigenvalue weighted by atomic mass is 9.96. The van der Waals surface area contributed by atoms with Crippen LogP contribution in [0.2, 0.25) is 0 Å². The molecule has 3 N–H and O–H groups in total. The van der Waals surface area contributed by atoms with E-state index in [-0.39, 0.29) is 30.3 Å². The Morgan fingerprint density at radius 2 is 2.22 bits per heavy atom. The number of likely N-dealkylation sites (tertiary alicyclic amines) is 1. The number of carbonyl (C=O) groups is 2. The van der Waals surface area contributed by atoms with Gasteiger partial charge in [0.1, 0.15) is 0 Å². The zero-order chi connectivity index (χ0) is 13.5. The molecule has 1 saturated heterocycles. The number of carbonyl (C=O) groups excluding carboxylic acids is 2. The predicted octanol–water partition coefficient (Wildman–Crippen LogP) is 0.489. The third-order valence-electron chi connectivity index (χ3n) is 3.43. The minimum Gasteiger partial charge on any atom is -0.353 e. The number of piperidine rings is 1. The summed E-state index contributed by atoms with van der Waals surface area (Å²) in [7, 11) is 0. The first kappa shape index (κ1) is 15.0. The predicted molar refractivity (Wildman–Crippen MR) is 70.9 cm³/mol. The molecule has 18 heavy (non-hydrogen) atoms. The molecule has 5 nitrogen and oxygen atoms in total. The van der Waals surface area contributed by atoms with Crippen molar-refractivity contribution < 1.29 is 9.59 Å². The van der Waals surface area contributed by atoms with Gasteiger partial charge in [-0.05, 0) is 26.2 Å². The molecule has 1 heterocycles. The summed E-state index contributed by atoms with van der Waals surface area (Å²) in [5.41, 5.74) is 5.35. The van der Waals surface area contributed by atoms with Gasteiger partial charge in [-0.15, -0.1) is 0 Å². The van der Waals surface area contributed by atoms with Gasteiger partial charge in [0.15, 0.2) is 0 Å². The second-order valence-corrected chi connectivity index (χ2v) is 5.08. The molecule has 2 unspecified atom stereocenters. The van der Waals surface area contributed by atoms with Gasteiger partial charge in [0.25, 0.3) is 0 Å². The SMILES string of the molecule is CCCC(C)NC(=O)C1CCCN(C(=O)CN)C1. The second-order valence-electron chi connectivity index (χ2n) is 5.08. The molecule has 1 aliphatic heterocycles. The van der Waals surface area contributed by atoms with E-state index in [0.717, 1.165) is 32.2 Å². The normalized spacial score (nSPS) is 21.5. The Kier molecular flexibility index (Phi) is 6.12. The highest BCUT2D eigenvalue weighted by atomic mass is 16.2. The molecule has 0 spiro atoms. The molecule has 5 heteroatoms. The number of rotatable bonds is 5. The zero-order valence-electron chi connectivity index (χ0n) is 11.4. The van der Waals surface area contributed by atoms with Crippen LogP contribution in [0.4, 0.5) is 0 Å². The molecule has 0 saturated carbocycles. The van der Waals surface area contributed by atoms with E-state index in [0.29, 0.717) is 6.54 Å². The standard InChI is InChI=1S/C13H25N3O2/c1-3-5-10(2)15-13(18)11-6-4-7-16(9-11)12(17)8-14/h10-11H,3-9,14H2,1-2H3,(H,15,18). The second kappa shape index (κ2) is 7.36. The van der Waals surface area contributed by atoms with Gasteiger partial charge in [-0.25, -0.2) is 0 Å². The van der Waals surface area contributed by atoms with Gasteiger partial charge >= 0.3 is 0 Å². The van der Waals surface area contributed by atoms with Crippen LogP contribution in [0.1, 0.15) is 39.5 Å². The Hall–Kier alpha value is -1.10. The average molecular weight is 255 g/mol. The van der Waals surface area contributed by atoms with Crippen LogP contribution in [0, 0.1) is 5.92 Å². The molecule has 1 fully saturated rings. The smallest absolute Gasteiger partial charge is 0.236 e. The minimum atomic E-state index is -0.0754. The average Bonchev–Trinajstić information content (AvgIpc) is 2.38. The summed E-state index contributed by atoms with van der Waals surface area (Å²) in [6, 6.07) is 0.211. The monoisotopic (exact) mass is 255 g/mol. The van der Waals surface area contributed by atoms with Gasteiger partial charge in [-0.1, -0.05) is 13.3 Å². The molecule has 0 bridgehead atoms. The Morgan fingerprint density at radius 3 is 2.83 bits per heavy atom. The van der Waals surface area contributed by atoms with E-state index in [4.69, 9.17) is 5.73 Å². The third kappa shape index (κ3) is 4.29. The van der Waals surface area contributed by atoms with E-state index in [2.05, 4.69) is 12.2 Å². The van der Waals surface area contributed by atoms with E-state index in [1.807, 2.05) is 6.92 Å². The Morgan fingerprint density at radius 1 is 1.50 bits per heavy atom. The number of nitrogens with two attached hydrogens (primary N) is 1. The summed E-state index contributed by atoms with van der Waals surface area (Å²) >= 11 is 0. The highest BCUT2D eigenvalue weighted by molar-refractivity contribution is 5.82. The van der Waals surface area contributed by atoms with Crippen LogP contribution in [0.3, 0.4) is 0 Å². The van der Waals surface area contributed by atoms with Gasteiger partial charge in [-0.2, -0.15) is 0 Å². The van der Waals surface area contributed by atoms with Crippen molar-refractivity contribution in [2.75, 3.05) is 19.6 Å². The summed E-state index contributed by atoms with van der Waals surface area (Å²) in [6.07, 6.45) is 3.79. The van der Waals surface area contributed by atoms with Crippen LogP contribution in [-0.2, 0) is 9.59 Å². The Balaban J connectivity index is 2.45. The summed E-state index contributed by atoms with van der Waals surface area (Å²) < 4.78 is 0. The Bertz CT molecular complexity index is 294. The van der Waals surface area contributed by atoms with Crippen molar-refractivity contribution in [1.82, 2.24) is 10.2 Å². The van der Waals surface area contributed by atoms with Crippen LogP contribution in [-0.4, -0.2) is 42.4 Å². The third-order valence-corrected chi connectivity index (χ3v) is 3.43. The molecule has 104 valence electrons. The van der Waals surface area contributed by atoms with Crippen LogP contribution in [0.25, 0.3) is 0 Å². The fraction of sp³-hybridized carbons (Fsp3) is 0.846. The van der Waals surface area contributed by atoms with E-state index >= 15 is 0 Å². The van der Waals surface area contributed by atoms with Crippen molar-refractivity contribution in [3.8, 4) is 0 Å². The lowest BCUT2D eigenvalue weighted by Crippen LogP contribution is -2.48. The first-order valence-corrected chi connectivity index (χ1v) is 6.86. The van der Waals surface area contributed by atoms with Crippen molar-refractivity contribution in [3.63, 3.8) is 0 Å². The maximum Gasteiger partial charge on any atom is 0.236 e. The number of nitrogens with zero attached hydrogens (tertiary/aromatic N) is 1. The van der Waals surface area contributed by atoms with Crippen LogP contribution >= 0.6 is 0 Å². The number of hydrogen-bond acceptors (Lipinski definition) is 3. The zero-order valence-corrected chi connectivity index (χ0v) is 11.4. The van der Waals surface area contributed by atoms with Crippen LogP contribution in [0.15, 0.2) is 0 Å². The number of amides is 2. The van der Waals surface area contributed by atoms with Crippen molar-refractivity contribution in [3.05, 3.63) is 0 Å². The molecule has 1 aliphatic rings. The lowest BCUT2D eigenvalue weighted by molar-refractivity contribution is -0.134. The topological polar surface area (TPSA) is 75.4 Å². The van der Waals surface area contributed by atoms with Gasteiger partial charge in [0.05, 0.1) is 12.5 Å². The molecule has 2 amide bonds. The largest absolute Gasteiger partial charge is 0.353 e. The first-order valence-electron chi connectivity index (χ1n) is 6.86. The fourth-order valence-corrected chi connectivity index (χ4v) is 2.41. The molecule has 1 rings (SSSR count). The van der Waals surface area contributed by atoms with Crippen molar-refractivity contribution in [2.24, 2.45) is 11.7 Å². The number of nitrogens with one attached hydrogen (secondary N) is 1. The van der Waals surface area contributed by atoms with Gasteiger partial charge < -0.3 is 16.0 Å². The van der Waals surface area contributed by atoms with Crippen molar-refractivity contribution in [2.45, 2.75) is 45.6 Å². The summed E-state index contributed by atoms with van der Waals surface area (Å²) in [5, 5.41) is 3.02. The summed E-state index contributed by atoms with van der Waals surface area (Å²) in [5.74, 6) is -0.0619. The van der Waals surface area contributed by atoms with Crippen LogP contribution < -0.4 is 11.1 Å². The molecular weight excluding hydrogens is 230 g/mol. The molecule has 2 atom stereocenters. The first-order chi connectivity index (χ1) is 8.58. The quantitative estimate of drug-likeness (QED) is 0.750. The molecule has 0 aromatic carbocycles. The molecule has 0 aromatic heterocycles.